The third kappa shape index (κ3) is 2.84. The average Bonchev–Trinajstić information content (AvgIpc) is 2.86. The van der Waals surface area contributed by atoms with Gasteiger partial charge in [0.05, 0.1) is 0 Å². The molecule has 2 amide bonds. The van der Waals surface area contributed by atoms with Crippen LogP contribution in [0.1, 0.15) is 30.6 Å². The summed E-state index contributed by atoms with van der Waals surface area (Å²) in [6.07, 6.45) is 0.707. The second-order valence-electron chi connectivity index (χ2n) is 5.15. The molecule has 1 aromatic heterocycles. The van der Waals surface area contributed by atoms with E-state index in [1.165, 1.54) is 0 Å². The predicted molar refractivity (Wildman–Crippen MR) is 78.8 cm³/mol. The number of nitrogens with one attached hydrogen (secondary N) is 2. The van der Waals surface area contributed by atoms with E-state index >= 15 is 0 Å². The molecule has 1 atom stereocenters. The number of likely N-dealkylation sites (tertiary alicyclic amines) is 1. The molecule has 1 fully saturated rings. The number of nitrogen functional groups attached to an aromatic ring is 1. The first-order valence-corrected chi connectivity index (χ1v) is 7.25. The van der Waals surface area contributed by atoms with Crippen LogP contribution in [0.15, 0.2) is 0 Å². The van der Waals surface area contributed by atoms with Crippen molar-refractivity contribution in [2.24, 2.45) is 0 Å². The van der Waals surface area contributed by atoms with Crippen LogP contribution in [-0.4, -0.2) is 46.8 Å². The highest BCUT2D eigenvalue weighted by Crippen LogP contribution is 2.29. The fourth-order valence-corrected chi connectivity index (χ4v) is 2.83. The van der Waals surface area contributed by atoms with Gasteiger partial charge in [-0.1, -0.05) is 0 Å². The van der Waals surface area contributed by atoms with E-state index in [4.69, 9.17) is 5.73 Å². The van der Waals surface area contributed by atoms with Crippen LogP contribution in [0.25, 0.3) is 0 Å². The molecule has 0 aliphatic carbocycles. The second kappa shape index (κ2) is 5.66. The van der Waals surface area contributed by atoms with Gasteiger partial charge in [0.25, 0.3) is 5.91 Å². The standard InChI is InChI=1S/C12H19N5O2S/c1-6(2)14-10(18)8-9(13)16-20-11(8)15-7-4-5-17(3)12(7)19/h6-7,15H,4-5H2,1-3H3,(H2,13,16)(H,14,18). The molecule has 1 aromatic rings. The first-order chi connectivity index (χ1) is 9.40. The molecule has 7 nitrogen and oxygen atoms in total. The van der Waals surface area contributed by atoms with Crippen molar-refractivity contribution in [3.63, 3.8) is 0 Å². The smallest absolute Gasteiger partial charge is 0.258 e. The number of nitrogens with zero attached hydrogens (tertiary/aromatic N) is 2. The Morgan fingerprint density at radius 2 is 2.25 bits per heavy atom. The molecule has 1 unspecified atom stereocenters. The fraction of sp³-hybridized carbons (Fsp3) is 0.583. The van der Waals surface area contributed by atoms with Gasteiger partial charge in [-0.15, -0.1) is 0 Å². The maximum Gasteiger partial charge on any atom is 0.258 e. The number of carbonyl (C=O) groups excluding carboxylic acids is 2. The molecular weight excluding hydrogens is 278 g/mol. The molecular formula is C12H19N5O2S. The molecule has 8 heteroatoms. The lowest BCUT2D eigenvalue weighted by Gasteiger charge is -2.14. The lowest BCUT2D eigenvalue weighted by atomic mass is 10.2. The van der Waals surface area contributed by atoms with E-state index in [0.717, 1.165) is 11.5 Å². The molecule has 0 saturated carbocycles. The normalized spacial score (nSPS) is 18.7. The van der Waals surface area contributed by atoms with E-state index in [1.807, 2.05) is 13.8 Å². The van der Waals surface area contributed by atoms with Crippen molar-refractivity contribution in [3.05, 3.63) is 5.56 Å². The summed E-state index contributed by atoms with van der Waals surface area (Å²) in [7, 11) is 1.76. The van der Waals surface area contributed by atoms with Crippen molar-refractivity contribution in [2.75, 3.05) is 24.6 Å². The molecule has 2 heterocycles. The summed E-state index contributed by atoms with van der Waals surface area (Å²) in [5, 5.41) is 6.42. The van der Waals surface area contributed by atoms with Crippen molar-refractivity contribution in [2.45, 2.75) is 32.4 Å². The van der Waals surface area contributed by atoms with Gasteiger partial charge < -0.3 is 21.3 Å². The van der Waals surface area contributed by atoms with Gasteiger partial charge >= 0.3 is 0 Å². The van der Waals surface area contributed by atoms with Crippen LogP contribution in [0.5, 0.6) is 0 Å². The number of likely N-dealkylation sites (N-methyl/N-ethyl adjacent to an activating group) is 1. The summed E-state index contributed by atoms with van der Waals surface area (Å²) >= 11 is 1.10. The molecule has 20 heavy (non-hydrogen) atoms. The first-order valence-electron chi connectivity index (χ1n) is 6.47. The zero-order chi connectivity index (χ0) is 14.9. The van der Waals surface area contributed by atoms with Crippen molar-refractivity contribution in [3.8, 4) is 0 Å². The number of nitrogens with two attached hydrogens (primary N) is 1. The molecule has 110 valence electrons. The van der Waals surface area contributed by atoms with Gasteiger partial charge in [0.1, 0.15) is 16.6 Å². The van der Waals surface area contributed by atoms with Gasteiger partial charge in [-0.3, -0.25) is 9.59 Å². The Morgan fingerprint density at radius 1 is 1.55 bits per heavy atom. The van der Waals surface area contributed by atoms with Crippen molar-refractivity contribution in [1.82, 2.24) is 14.6 Å². The quantitative estimate of drug-likeness (QED) is 0.751. The Hall–Kier alpha value is -1.83. The maximum absolute atomic E-state index is 12.1. The Bertz CT molecular complexity index is 528. The van der Waals surface area contributed by atoms with Crippen LogP contribution < -0.4 is 16.4 Å². The van der Waals surface area contributed by atoms with Crippen molar-refractivity contribution < 1.29 is 9.59 Å². The molecule has 4 N–H and O–H groups in total. The van der Waals surface area contributed by atoms with Gasteiger partial charge in [-0.05, 0) is 31.8 Å². The summed E-state index contributed by atoms with van der Waals surface area (Å²) < 4.78 is 4.00. The molecule has 2 rings (SSSR count). The number of aromatic nitrogens is 1. The van der Waals surface area contributed by atoms with Crippen LogP contribution in [0.2, 0.25) is 0 Å². The zero-order valence-corrected chi connectivity index (χ0v) is 12.6. The number of amides is 2. The van der Waals surface area contributed by atoms with E-state index < -0.39 is 0 Å². The van der Waals surface area contributed by atoms with Crippen LogP contribution >= 0.6 is 11.5 Å². The topological polar surface area (TPSA) is 100 Å². The minimum absolute atomic E-state index is 0.00824. The van der Waals surface area contributed by atoms with E-state index in [1.54, 1.807) is 11.9 Å². The zero-order valence-electron chi connectivity index (χ0n) is 11.8. The third-order valence-corrected chi connectivity index (χ3v) is 3.89. The monoisotopic (exact) mass is 297 g/mol. The molecule has 0 aromatic carbocycles. The maximum atomic E-state index is 12.1. The third-order valence-electron chi connectivity index (χ3n) is 3.10. The molecule has 1 aliphatic rings. The molecule has 0 radical (unpaired) electrons. The summed E-state index contributed by atoms with van der Waals surface area (Å²) in [5.74, 6) is -0.0609. The van der Waals surface area contributed by atoms with E-state index in [-0.39, 0.29) is 29.7 Å². The van der Waals surface area contributed by atoms with Gasteiger partial charge in [0, 0.05) is 19.6 Å². The van der Waals surface area contributed by atoms with Gasteiger partial charge in [0.15, 0.2) is 5.82 Å². The van der Waals surface area contributed by atoms with Crippen LogP contribution in [0.4, 0.5) is 10.8 Å². The number of hydrogen-bond donors (Lipinski definition) is 3. The number of hydrogen-bond acceptors (Lipinski definition) is 6. The van der Waals surface area contributed by atoms with Crippen LogP contribution in [0, 0.1) is 0 Å². The van der Waals surface area contributed by atoms with Crippen LogP contribution in [-0.2, 0) is 4.79 Å². The summed E-state index contributed by atoms with van der Waals surface area (Å²) in [6.45, 7) is 4.45. The molecule has 0 bridgehead atoms. The lowest BCUT2D eigenvalue weighted by Crippen LogP contribution is -2.33. The highest BCUT2D eigenvalue weighted by Gasteiger charge is 2.31. The fourth-order valence-electron chi connectivity index (χ4n) is 2.07. The Kier molecular flexibility index (Phi) is 4.12. The summed E-state index contributed by atoms with van der Waals surface area (Å²) in [5.41, 5.74) is 6.08. The average molecular weight is 297 g/mol. The van der Waals surface area contributed by atoms with E-state index in [2.05, 4.69) is 15.0 Å². The summed E-state index contributed by atoms with van der Waals surface area (Å²) in [4.78, 5) is 25.7. The number of rotatable bonds is 4. The Labute approximate surface area is 121 Å². The van der Waals surface area contributed by atoms with E-state index in [9.17, 15) is 9.59 Å². The number of anilines is 2. The Balaban J connectivity index is 2.17. The first kappa shape index (κ1) is 14.6. The minimum Gasteiger partial charge on any atom is -0.382 e. The van der Waals surface area contributed by atoms with Crippen LogP contribution in [0.3, 0.4) is 0 Å². The van der Waals surface area contributed by atoms with Gasteiger partial charge in [0.2, 0.25) is 5.91 Å². The molecule has 1 aliphatic heterocycles. The van der Waals surface area contributed by atoms with Gasteiger partial charge in [-0.2, -0.15) is 4.37 Å². The second-order valence-corrected chi connectivity index (χ2v) is 5.92. The molecule has 1 saturated heterocycles. The Morgan fingerprint density at radius 3 is 2.80 bits per heavy atom. The molecule has 0 spiro atoms. The lowest BCUT2D eigenvalue weighted by molar-refractivity contribution is -0.127. The highest BCUT2D eigenvalue weighted by atomic mass is 32.1. The van der Waals surface area contributed by atoms with E-state index in [0.29, 0.717) is 23.5 Å². The highest BCUT2D eigenvalue weighted by molar-refractivity contribution is 7.11. The SMILES string of the molecule is CC(C)NC(=O)c1c(N)nsc1NC1CCN(C)C1=O. The summed E-state index contributed by atoms with van der Waals surface area (Å²) in [6, 6.07) is -0.306. The number of carbonyl (C=O) groups is 2. The van der Waals surface area contributed by atoms with Gasteiger partial charge in [-0.25, -0.2) is 0 Å². The van der Waals surface area contributed by atoms with Crippen molar-refractivity contribution >= 4 is 34.2 Å². The minimum atomic E-state index is -0.314. The largest absolute Gasteiger partial charge is 0.382 e. The predicted octanol–water partition coefficient (Wildman–Crippen LogP) is 0.506. The van der Waals surface area contributed by atoms with Crippen molar-refractivity contribution in [1.29, 1.82) is 0 Å².